The Bertz CT molecular complexity index is 603. The molecule has 0 spiro atoms. The quantitative estimate of drug-likeness (QED) is 0.829. The molecule has 1 N–H and O–H groups in total. The van der Waals surface area contributed by atoms with Gasteiger partial charge in [-0.3, -0.25) is 0 Å². The van der Waals surface area contributed by atoms with Crippen molar-refractivity contribution in [2.24, 2.45) is 0 Å². The number of hydrogen-bond acceptors (Lipinski definition) is 1. The van der Waals surface area contributed by atoms with E-state index in [9.17, 15) is 8.78 Å². The molecule has 0 saturated heterocycles. The number of halogens is 2. The molecule has 0 fully saturated rings. The van der Waals surface area contributed by atoms with Crippen LogP contribution in [0, 0.1) is 11.6 Å². The minimum atomic E-state index is -1.27. The summed E-state index contributed by atoms with van der Waals surface area (Å²) in [6.07, 6.45) is 0. The summed E-state index contributed by atoms with van der Waals surface area (Å²) in [6.45, 7) is 7.90. The van der Waals surface area contributed by atoms with Crippen LogP contribution < -0.4 is 10.5 Å². The number of rotatable bonds is 5. The smallest absolute Gasteiger partial charge is 0.127 e. The fourth-order valence-corrected chi connectivity index (χ4v) is 3.31. The first kappa shape index (κ1) is 15.9. The molecule has 0 amide bonds. The molecule has 4 heteroatoms. The summed E-state index contributed by atoms with van der Waals surface area (Å²) in [7, 11) is -1.27. The summed E-state index contributed by atoms with van der Waals surface area (Å²) >= 11 is 0. The Kier molecular flexibility index (Phi) is 4.90. The monoisotopic (exact) mass is 305 g/mol. The van der Waals surface area contributed by atoms with Crippen LogP contribution in [-0.2, 0) is 13.1 Å². The fraction of sp³-hybridized carbons (Fsp3) is 0.294. The van der Waals surface area contributed by atoms with Gasteiger partial charge in [-0.25, -0.2) is 8.78 Å². The number of hydrogen-bond donors (Lipinski definition) is 1. The second-order valence-corrected chi connectivity index (χ2v) is 11.4. The van der Waals surface area contributed by atoms with E-state index in [2.05, 4.69) is 49.2 Å². The SMILES string of the molecule is C[Si](C)(C)c1ccc(CNCc2cc(F)ccc2F)cc1. The van der Waals surface area contributed by atoms with Crippen LogP contribution in [0.2, 0.25) is 19.6 Å². The molecule has 0 aromatic heterocycles. The normalized spacial score (nSPS) is 11.7. The number of benzene rings is 2. The van der Waals surface area contributed by atoms with E-state index in [-0.39, 0.29) is 5.82 Å². The van der Waals surface area contributed by atoms with Crippen LogP contribution in [-0.4, -0.2) is 8.07 Å². The number of nitrogens with one attached hydrogen (secondary N) is 1. The lowest BCUT2D eigenvalue weighted by molar-refractivity contribution is 0.568. The van der Waals surface area contributed by atoms with Gasteiger partial charge in [0, 0.05) is 18.7 Å². The predicted molar refractivity (Wildman–Crippen MR) is 86.3 cm³/mol. The lowest BCUT2D eigenvalue weighted by Gasteiger charge is -2.16. The third kappa shape index (κ3) is 4.48. The van der Waals surface area contributed by atoms with Crippen molar-refractivity contribution in [2.45, 2.75) is 32.7 Å². The Hall–Kier alpha value is -1.52. The molecule has 0 unspecified atom stereocenters. The fourth-order valence-electron chi connectivity index (χ4n) is 2.14. The molecule has 0 aliphatic heterocycles. The molecular formula is C17H21F2NSi. The lowest BCUT2D eigenvalue weighted by atomic mass is 10.2. The lowest BCUT2D eigenvalue weighted by Crippen LogP contribution is -2.37. The summed E-state index contributed by atoms with van der Waals surface area (Å²) in [4.78, 5) is 0. The maximum absolute atomic E-state index is 13.5. The van der Waals surface area contributed by atoms with E-state index in [0.29, 0.717) is 18.7 Å². The Morgan fingerprint density at radius 2 is 1.57 bits per heavy atom. The van der Waals surface area contributed by atoms with Crippen molar-refractivity contribution >= 4 is 13.3 Å². The summed E-state index contributed by atoms with van der Waals surface area (Å²) in [5.41, 5.74) is 1.50. The molecule has 0 atom stereocenters. The van der Waals surface area contributed by atoms with E-state index < -0.39 is 13.9 Å². The van der Waals surface area contributed by atoms with Gasteiger partial charge in [0.1, 0.15) is 11.6 Å². The van der Waals surface area contributed by atoms with E-state index in [1.807, 2.05) is 0 Å². The van der Waals surface area contributed by atoms with Crippen molar-refractivity contribution in [2.75, 3.05) is 0 Å². The van der Waals surface area contributed by atoms with Gasteiger partial charge in [-0.05, 0) is 23.8 Å². The topological polar surface area (TPSA) is 12.0 Å². The highest BCUT2D eigenvalue weighted by molar-refractivity contribution is 6.88. The van der Waals surface area contributed by atoms with Crippen LogP contribution in [0.15, 0.2) is 42.5 Å². The minimum Gasteiger partial charge on any atom is -0.309 e. The highest BCUT2D eigenvalue weighted by atomic mass is 28.3. The van der Waals surface area contributed by atoms with E-state index in [1.54, 1.807) is 0 Å². The van der Waals surface area contributed by atoms with Gasteiger partial charge in [0.25, 0.3) is 0 Å². The third-order valence-electron chi connectivity index (χ3n) is 3.47. The summed E-state index contributed by atoms with van der Waals surface area (Å²) in [5.74, 6) is -0.786. The molecule has 2 aromatic rings. The van der Waals surface area contributed by atoms with E-state index in [0.717, 1.165) is 17.7 Å². The Labute approximate surface area is 126 Å². The second-order valence-electron chi connectivity index (χ2n) is 6.29. The minimum absolute atomic E-state index is 0.319. The Morgan fingerprint density at radius 3 is 2.19 bits per heavy atom. The van der Waals surface area contributed by atoms with Crippen molar-refractivity contribution in [3.05, 3.63) is 65.2 Å². The van der Waals surface area contributed by atoms with Gasteiger partial charge in [0.05, 0.1) is 8.07 Å². The predicted octanol–water partition coefficient (Wildman–Crippen LogP) is 3.80. The van der Waals surface area contributed by atoms with E-state index in [1.165, 1.54) is 11.3 Å². The van der Waals surface area contributed by atoms with Crippen LogP contribution in [0.3, 0.4) is 0 Å². The molecule has 0 heterocycles. The van der Waals surface area contributed by atoms with Gasteiger partial charge in [0.15, 0.2) is 0 Å². The first-order valence-corrected chi connectivity index (χ1v) is 10.6. The molecule has 0 saturated carbocycles. The van der Waals surface area contributed by atoms with Crippen LogP contribution in [0.4, 0.5) is 8.78 Å². The molecule has 0 bridgehead atoms. The Balaban J connectivity index is 1.93. The molecule has 112 valence electrons. The first-order valence-electron chi connectivity index (χ1n) is 7.10. The van der Waals surface area contributed by atoms with Crippen molar-refractivity contribution in [3.8, 4) is 0 Å². The average Bonchev–Trinajstić information content (AvgIpc) is 2.42. The van der Waals surface area contributed by atoms with Gasteiger partial charge in [-0.2, -0.15) is 0 Å². The summed E-state index contributed by atoms with van der Waals surface area (Å²) in [6, 6.07) is 12.1. The largest absolute Gasteiger partial charge is 0.309 e. The zero-order valence-electron chi connectivity index (χ0n) is 12.7. The molecular weight excluding hydrogens is 284 g/mol. The third-order valence-corrected chi connectivity index (χ3v) is 5.54. The molecule has 0 radical (unpaired) electrons. The van der Waals surface area contributed by atoms with Crippen LogP contribution in [0.1, 0.15) is 11.1 Å². The highest BCUT2D eigenvalue weighted by Crippen LogP contribution is 2.10. The first-order chi connectivity index (χ1) is 9.86. The maximum atomic E-state index is 13.5. The van der Waals surface area contributed by atoms with Gasteiger partial charge < -0.3 is 5.32 Å². The molecule has 2 aromatic carbocycles. The second kappa shape index (κ2) is 6.50. The van der Waals surface area contributed by atoms with Crippen LogP contribution in [0.25, 0.3) is 0 Å². The standard InChI is InChI=1S/C17H21F2NSi/c1-21(2,3)16-7-4-13(5-8-16)11-20-12-14-10-15(18)6-9-17(14)19/h4-10,20H,11-12H2,1-3H3. The van der Waals surface area contributed by atoms with Crippen molar-refractivity contribution in [1.82, 2.24) is 5.32 Å². The molecule has 1 nitrogen and oxygen atoms in total. The zero-order chi connectivity index (χ0) is 15.5. The zero-order valence-corrected chi connectivity index (χ0v) is 13.7. The van der Waals surface area contributed by atoms with Crippen LogP contribution >= 0.6 is 0 Å². The summed E-state index contributed by atoms with van der Waals surface area (Å²) in [5, 5.41) is 4.57. The van der Waals surface area contributed by atoms with E-state index >= 15 is 0 Å². The van der Waals surface area contributed by atoms with Gasteiger partial charge >= 0.3 is 0 Å². The van der Waals surface area contributed by atoms with Crippen molar-refractivity contribution in [1.29, 1.82) is 0 Å². The molecule has 0 aliphatic carbocycles. The molecule has 21 heavy (non-hydrogen) atoms. The van der Waals surface area contributed by atoms with Crippen molar-refractivity contribution < 1.29 is 8.78 Å². The maximum Gasteiger partial charge on any atom is 0.127 e. The van der Waals surface area contributed by atoms with Gasteiger partial charge in [-0.15, -0.1) is 0 Å². The highest BCUT2D eigenvalue weighted by Gasteiger charge is 2.15. The van der Waals surface area contributed by atoms with Crippen molar-refractivity contribution in [3.63, 3.8) is 0 Å². The van der Waals surface area contributed by atoms with Crippen LogP contribution in [0.5, 0.6) is 0 Å². The molecule has 0 aliphatic rings. The van der Waals surface area contributed by atoms with Gasteiger partial charge in [-0.1, -0.05) is 49.1 Å². The average molecular weight is 305 g/mol. The van der Waals surface area contributed by atoms with E-state index in [4.69, 9.17) is 0 Å². The summed E-state index contributed by atoms with van der Waals surface area (Å²) < 4.78 is 26.5. The molecule has 2 rings (SSSR count). The van der Waals surface area contributed by atoms with Gasteiger partial charge in [0.2, 0.25) is 0 Å². The Morgan fingerprint density at radius 1 is 0.905 bits per heavy atom.